The van der Waals surface area contributed by atoms with E-state index in [0.29, 0.717) is 18.7 Å². The lowest BCUT2D eigenvalue weighted by Crippen LogP contribution is -2.42. The van der Waals surface area contributed by atoms with Crippen molar-refractivity contribution in [3.8, 4) is 5.69 Å². The molecular formula is C27H38N4O3. The van der Waals surface area contributed by atoms with Crippen LogP contribution in [0.15, 0.2) is 24.4 Å². The third-order valence-electron chi connectivity index (χ3n) is 7.01. The lowest BCUT2D eigenvalue weighted by atomic mass is 9.90. The Kier molecular flexibility index (Phi) is 7.01. The molecule has 1 aromatic carbocycles. The smallest absolute Gasteiger partial charge is 0.410 e. The lowest BCUT2D eigenvalue weighted by Gasteiger charge is -2.34. The summed E-state index contributed by atoms with van der Waals surface area (Å²) in [6.45, 7) is 11.0. The van der Waals surface area contributed by atoms with E-state index in [1.165, 1.54) is 24.0 Å². The molecular weight excluding hydrogens is 428 g/mol. The molecule has 184 valence electrons. The molecule has 2 amide bonds. The van der Waals surface area contributed by atoms with Gasteiger partial charge in [0.1, 0.15) is 5.60 Å². The zero-order valence-corrected chi connectivity index (χ0v) is 21.2. The minimum atomic E-state index is -0.513. The molecule has 2 fully saturated rings. The molecule has 0 bridgehead atoms. The van der Waals surface area contributed by atoms with Crippen LogP contribution < -0.4 is 5.32 Å². The fourth-order valence-electron chi connectivity index (χ4n) is 4.98. The second-order valence-electron chi connectivity index (χ2n) is 10.8. The molecule has 0 unspecified atom stereocenters. The molecule has 0 spiro atoms. The quantitative estimate of drug-likeness (QED) is 0.665. The van der Waals surface area contributed by atoms with Crippen molar-refractivity contribution >= 4 is 12.0 Å². The van der Waals surface area contributed by atoms with Gasteiger partial charge in [-0.2, -0.15) is 5.10 Å². The zero-order chi connectivity index (χ0) is 24.5. The Morgan fingerprint density at radius 1 is 1.03 bits per heavy atom. The summed E-state index contributed by atoms with van der Waals surface area (Å²) in [5.41, 5.74) is 4.47. The van der Waals surface area contributed by atoms with Gasteiger partial charge in [0.05, 0.1) is 23.1 Å². The maximum absolute atomic E-state index is 13.3. The number of amides is 2. The Bertz CT molecular complexity index is 1040. The first-order valence-electron chi connectivity index (χ1n) is 12.6. The first-order chi connectivity index (χ1) is 16.1. The number of aromatic nitrogens is 2. The minimum Gasteiger partial charge on any atom is -0.444 e. The molecule has 7 heteroatoms. The Labute approximate surface area is 202 Å². The summed E-state index contributed by atoms with van der Waals surface area (Å²) in [5.74, 6) is 0.0960. The number of ether oxygens (including phenoxy) is 1. The first kappa shape index (κ1) is 24.3. The summed E-state index contributed by atoms with van der Waals surface area (Å²) in [7, 11) is 0. The number of likely N-dealkylation sites (tertiary alicyclic amines) is 1. The van der Waals surface area contributed by atoms with Gasteiger partial charge >= 0.3 is 6.09 Å². The van der Waals surface area contributed by atoms with Crippen molar-refractivity contribution in [3.05, 3.63) is 46.8 Å². The van der Waals surface area contributed by atoms with E-state index in [-0.39, 0.29) is 24.0 Å². The van der Waals surface area contributed by atoms with Gasteiger partial charge in [-0.25, -0.2) is 9.48 Å². The van der Waals surface area contributed by atoms with E-state index in [0.717, 1.165) is 37.1 Å². The maximum Gasteiger partial charge on any atom is 0.410 e. The molecule has 1 aliphatic carbocycles. The molecule has 2 heterocycles. The SMILES string of the molecule is Cc1ccc(-n2ncc(C(=O)NC3CCCC3)c2C2CCN(C(=O)OC(C)(C)C)CC2)cc1C. The fourth-order valence-corrected chi connectivity index (χ4v) is 4.98. The van der Waals surface area contributed by atoms with Crippen LogP contribution >= 0.6 is 0 Å². The van der Waals surface area contributed by atoms with E-state index in [9.17, 15) is 9.59 Å². The van der Waals surface area contributed by atoms with Crippen molar-refractivity contribution in [3.63, 3.8) is 0 Å². The van der Waals surface area contributed by atoms with Gasteiger partial charge in [-0.1, -0.05) is 18.9 Å². The summed E-state index contributed by atoms with van der Waals surface area (Å²) >= 11 is 0. The molecule has 1 saturated carbocycles. The molecule has 1 aliphatic heterocycles. The molecule has 2 aromatic rings. The number of carbonyl (C=O) groups is 2. The fraction of sp³-hybridized carbons (Fsp3) is 0.593. The molecule has 0 atom stereocenters. The Hall–Kier alpha value is -2.83. The van der Waals surface area contributed by atoms with E-state index in [4.69, 9.17) is 4.74 Å². The predicted molar refractivity (Wildman–Crippen MR) is 133 cm³/mol. The van der Waals surface area contributed by atoms with Crippen molar-refractivity contribution < 1.29 is 14.3 Å². The number of nitrogens with zero attached hydrogens (tertiary/aromatic N) is 3. The highest BCUT2D eigenvalue weighted by Gasteiger charge is 2.32. The second kappa shape index (κ2) is 9.80. The summed E-state index contributed by atoms with van der Waals surface area (Å²) in [4.78, 5) is 27.6. The Balaban J connectivity index is 1.60. The van der Waals surface area contributed by atoms with Gasteiger partial charge in [-0.3, -0.25) is 4.79 Å². The highest BCUT2D eigenvalue weighted by Crippen LogP contribution is 2.33. The highest BCUT2D eigenvalue weighted by atomic mass is 16.6. The van der Waals surface area contributed by atoms with E-state index in [2.05, 4.69) is 42.5 Å². The van der Waals surface area contributed by atoms with Gasteiger partial charge in [-0.15, -0.1) is 0 Å². The lowest BCUT2D eigenvalue weighted by molar-refractivity contribution is 0.0203. The van der Waals surface area contributed by atoms with Crippen molar-refractivity contribution in [2.45, 2.75) is 90.7 Å². The Morgan fingerprint density at radius 2 is 1.71 bits per heavy atom. The van der Waals surface area contributed by atoms with Crippen molar-refractivity contribution in [2.24, 2.45) is 0 Å². The summed E-state index contributed by atoms with van der Waals surface area (Å²) in [6, 6.07) is 6.53. The van der Waals surface area contributed by atoms with Crippen LogP contribution in [0.4, 0.5) is 4.79 Å². The molecule has 4 rings (SSSR count). The van der Waals surface area contributed by atoms with Crippen molar-refractivity contribution in [2.75, 3.05) is 13.1 Å². The number of aryl methyl sites for hydroxylation is 2. The predicted octanol–water partition coefficient (Wildman–Crippen LogP) is 5.28. The highest BCUT2D eigenvalue weighted by molar-refractivity contribution is 5.95. The number of hydrogen-bond acceptors (Lipinski definition) is 4. The van der Waals surface area contributed by atoms with Crippen molar-refractivity contribution in [1.82, 2.24) is 20.0 Å². The first-order valence-corrected chi connectivity index (χ1v) is 12.6. The molecule has 1 saturated heterocycles. The van der Waals surface area contributed by atoms with Crippen LogP contribution in [-0.4, -0.2) is 51.4 Å². The van der Waals surface area contributed by atoms with E-state index < -0.39 is 5.60 Å². The average Bonchev–Trinajstić information content (AvgIpc) is 3.44. The molecule has 7 nitrogen and oxygen atoms in total. The standard InChI is InChI=1S/C27H38N4O3/c1-18-10-11-22(16-19(18)2)31-24(23(17-28-31)25(32)29-21-8-6-7-9-21)20-12-14-30(15-13-20)26(33)34-27(3,4)5/h10-11,16-17,20-21H,6-9,12-15H2,1-5H3,(H,29,32). The topological polar surface area (TPSA) is 76.5 Å². The number of nitrogens with one attached hydrogen (secondary N) is 1. The normalized spacial score (nSPS) is 17.7. The third-order valence-corrected chi connectivity index (χ3v) is 7.01. The minimum absolute atomic E-state index is 0.0356. The monoisotopic (exact) mass is 466 g/mol. The van der Waals surface area contributed by atoms with Gasteiger partial charge in [0, 0.05) is 25.0 Å². The molecule has 34 heavy (non-hydrogen) atoms. The van der Waals surface area contributed by atoms with Gasteiger partial charge in [-0.05, 0) is 83.6 Å². The van der Waals surface area contributed by atoms with Crippen LogP contribution in [-0.2, 0) is 4.74 Å². The summed E-state index contributed by atoms with van der Waals surface area (Å²) in [5, 5.41) is 7.92. The molecule has 2 aliphatic rings. The number of hydrogen-bond donors (Lipinski definition) is 1. The molecule has 1 N–H and O–H groups in total. The van der Waals surface area contributed by atoms with Crippen LogP contribution in [0.25, 0.3) is 5.69 Å². The third kappa shape index (κ3) is 5.45. The van der Waals surface area contributed by atoms with Gasteiger partial charge in [0.2, 0.25) is 0 Å². The van der Waals surface area contributed by atoms with E-state index in [1.54, 1.807) is 11.1 Å². The van der Waals surface area contributed by atoms with Crippen LogP contribution in [0.5, 0.6) is 0 Å². The number of carbonyl (C=O) groups excluding carboxylic acids is 2. The largest absolute Gasteiger partial charge is 0.444 e. The molecule has 0 radical (unpaired) electrons. The summed E-state index contributed by atoms with van der Waals surface area (Å²) < 4.78 is 7.50. The number of rotatable bonds is 4. The van der Waals surface area contributed by atoms with Crippen LogP contribution in [0.3, 0.4) is 0 Å². The number of piperidine rings is 1. The van der Waals surface area contributed by atoms with Crippen LogP contribution in [0, 0.1) is 13.8 Å². The second-order valence-corrected chi connectivity index (χ2v) is 10.8. The van der Waals surface area contributed by atoms with Gasteiger partial charge in [0.15, 0.2) is 0 Å². The zero-order valence-electron chi connectivity index (χ0n) is 21.2. The van der Waals surface area contributed by atoms with Gasteiger partial charge < -0.3 is 15.0 Å². The van der Waals surface area contributed by atoms with Crippen LogP contribution in [0.1, 0.15) is 92.4 Å². The van der Waals surface area contributed by atoms with Crippen LogP contribution in [0.2, 0.25) is 0 Å². The number of benzene rings is 1. The maximum atomic E-state index is 13.3. The molecule has 1 aromatic heterocycles. The average molecular weight is 467 g/mol. The van der Waals surface area contributed by atoms with Gasteiger partial charge in [0.25, 0.3) is 5.91 Å². The van der Waals surface area contributed by atoms with E-state index >= 15 is 0 Å². The summed E-state index contributed by atoms with van der Waals surface area (Å²) in [6.07, 6.45) is 7.40. The van der Waals surface area contributed by atoms with E-state index in [1.807, 2.05) is 25.5 Å². The Morgan fingerprint density at radius 3 is 2.32 bits per heavy atom. The van der Waals surface area contributed by atoms with Crippen molar-refractivity contribution in [1.29, 1.82) is 0 Å².